The van der Waals surface area contributed by atoms with Crippen LogP contribution in [-0.4, -0.2) is 23.1 Å². The zero-order chi connectivity index (χ0) is 19.4. The van der Waals surface area contributed by atoms with E-state index < -0.39 is 5.97 Å². The van der Waals surface area contributed by atoms with Crippen LogP contribution in [0.1, 0.15) is 50.2 Å². The highest BCUT2D eigenvalue weighted by Crippen LogP contribution is 2.26. The van der Waals surface area contributed by atoms with Gasteiger partial charge in [0, 0.05) is 17.9 Å². The van der Waals surface area contributed by atoms with Gasteiger partial charge in [-0.1, -0.05) is 18.2 Å². The molecule has 0 saturated heterocycles. The maximum absolute atomic E-state index is 13.0. The van der Waals surface area contributed by atoms with Gasteiger partial charge >= 0.3 is 5.97 Å². The molecule has 5 heteroatoms. The zero-order valence-corrected chi connectivity index (χ0v) is 16.1. The maximum Gasteiger partial charge on any atom is 0.355 e. The fourth-order valence-corrected chi connectivity index (χ4v) is 3.12. The highest BCUT2D eigenvalue weighted by Gasteiger charge is 2.27. The second-order valence-corrected chi connectivity index (χ2v) is 6.26. The van der Waals surface area contributed by atoms with Gasteiger partial charge in [-0.2, -0.15) is 0 Å². The number of esters is 1. The molecule has 5 nitrogen and oxygen atoms in total. The van der Waals surface area contributed by atoms with Crippen LogP contribution in [0.2, 0.25) is 0 Å². The second-order valence-electron chi connectivity index (χ2n) is 6.26. The van der Waals surface area contributed by atoms with E-state index in [1.54, 1.807) is 24.5 Å². The Balaban J connectivity index is 2.50. The number of nitrogens with zero attached hydrogens (tertiary/aromatic N) is 1. The number of amides is 1. The summed E-state index contributed by atoms with van der Waals surface area (Å²) in [6.45, 7) is 13.8. The average Bonchev–Trinajstić information content (AvgIpc) is 2.83. The number of hydrogen-bond acceptors (Lipinski definition) is 3. The van der Waals surface area contributed by atoms with E-state index in [0.29, 0.717) is 29.1 Å². The van der Waals surface area contributed by atoms with Gasteiger partial charge in [0.05, 0.1) is 12.2 Å². The monoisotopic (exact) mass is 354 g/mol. The fraction of sp³-hybridized carbons (Fsp3) is 0.333. The van der Waals surface area contributed by atoms with Crippen LogP contribution in [0.4, 0.5) is 5.69 Å². The summed E-state index contributed by atoms with van der Waals surface area (Å²) in [5.74, 6) is -0.664. The number of carbonyl (C=O) groups is 2. The highest BCUT2D eigenvalue weighted by atomic mass is 16.5. The molecular weight excluding hydrogens is 328 g/mol. The molecule has 0 unspecified atom stereocenters. The quantitative estimate of drug-likeness (QED) is 0.620. The van der Waals surface area contributed by atoms with E-state index in [-0.39, 0.29) is 12.5 Å². The minimum Gasteiger partial charge on any atom is -0.461 e. The number of aromatic nitrogens is 1. The minimum absolute atomic E-state index is 0.234. The Kier molecular flexibility index (Phi) is 6.03. The Morgan fingerprint density at radius 2 is 1.88 bits per heavy atom. The van der Waals surface area contributed by atoms with Crippen LogP contribution in [0.5, 0.6) is 0 Å². The first-order valence-electron chi connectivity index (χ1n) is 8.68. The van der Waals surface area contributed by atoms with Crippen LogP contribution in [0.25, 0.3) is 0 Å². The van der Waals surface area contributed by atoms with Gasteiger partial charge in [0.15, 0.2) is 0 Å². The normalized spacial score (nSPS) is 10.5. The lowest BCUT2D eigenvalue weighted by Gasteiger charge is -2.11. The van der Waals surface area contributed by atoms with Crippen molar-refractivity contribution in [2.75, 3.05) is 11.9 Å². The third-order valence-electron chi connectivity index (χ3n) is 4.63. The van der Waals surface area contributed by atoms with Crippen LogP contribution in [0, 0.1) is 27.7 Å². The molecule has 1 amide bonds. The van der Waals surface area contributed by atoms with Gasteiger partial charge in [0.2, 0.25) is 0 Å². The molecule has 0 aliphatic carbocycles. The van der Waals surface area contributed by atoms with Crippen molar-refractivity contribution >= 4 is 17.6 Å². The predicted octanol–water partition coefficient (Wildman–Crippen LogP) is 4.34. The van der Waals surface area contributed by atoms with Crippen molar-refractivity contribution < 1.29 is 14.3 Å². The molecule has 0 bridgehead atoms. The lowest BCUT2D eigenvalue weighted by atomic mass is 10.1. The maximum atomic E-state index is 13.0. The Labute approximate surface area is 154 Å². The van der Waals surface area contributed by atoms with E-state index in [0.717, 1.165) is 16.8 Å². The van der Waals surface area contributed by atoms with Gasteiger partial charge in [-0.25, -0.2) is 4.79 Å². The van der Waals surface area contributed by atoms with Crippen LogP contribution in [0.3, 0.4) is 0 Å². The third-order valence-corrected chi connectivity index (χ3v) is 4.63. The van der Waals surface area contributed by atoms with Crippen LogP contribution >= 0.6 is 0 Å². The minimum atomic E-state index is -0.430. The topological polar surface area (TPSA) is 60.3 Å². The Morgan fingerprint density at radius 1 is 1.19 bits per heavy atom. The molecule has 0 fully saturated rings. The molecule has 1 aromatic carbocycles. The summed E-state index contributed by atoms with van der Waals surface area (Å²) in [4.78, 5) is 25.4. The highest BCUT2D eigenvalue weighted by molar-refractivity contribution is 6.08. The average molecular weight is 354 g/mol. The molecule has 0 aliphatic rings. The fourth-order valence-electron chi connectivity index (χ4n) is 3.12. The van der Waals surface area contributed by atoms with E-state index in [2.05, 4.69) is 11.9 Å². The molecule has 26 heavy (non-hydrogen) atoms. The molecule has 2 aromatic rings. The molecule has 0 saturated carbocycles. The van der Waals surface area contributed by atoms with Gasteiger partial charge in [-0.15, -0.1) is 6.58 Å². The van der Waals surface area contributed by atoms with Gasteiger partial charge < -0.3 is 14.6 Å². The van der Waals surface area contributed by atoms with Crippen LogP contribution in [-0.2, 0) is 11.3 Å². The van der Waals surface area contributed by atoms with Crippen LogP contribution in [0.15, 0.2) is 30.9 Å². The molecule has 2 rings (SSSR count). The van der Waals surface area contributed by atoms with Crippen molar-refractivity contribution in [3.05, 3.63) is 64.5 Å². The standard InChI is InChI=1S/C21H26N2O3/c1-7-12-23-16(6)18(15(5)19(23)21(25)26-8-2)20(24)22-17-11-9-10-13(3)14(17)4/h7,9-11H,1,8,12H2,2-6H3,(H,22,24). The molecule has 138 valence electrons. The Morgan fingerprint density at radius 3 is 2.50 bits per heavy atom. The molecular formula is C21H26N2O3. The summed E-state index contributed by atoms with van der Waals surface area (Å²) in [6.07, 6.45) is 1.70. The number of benzene rings is 1. The number of ether oxygens (including phenoxy) is 1. The van der Waals surface area contributed by atoms with E-state index in [1.165, 1.54) is 0 Å². The largest absolute Gasteiger partial charge is 0.461 e. The Hall–Kier alpha value is -2.82. The van der Waals surface area contributed by atoms with Crippen molar-refractivity contribution in [3.63, 3.8) is 0 Å². The second kappa shape index (κ2) is 8.04. The number of rotatable bonds is 6. The zero-order valence-electron chi connectivity index (χ0n) is 16.1. The van der Waals surface area contributed by atoms with E-state index in [4.69, 9.17) is 4.74 Å². The first kappa shape index (κ1) is 19.5. The number of allylic oxidation sites excluding steroid dienone is 1. The summed E-state index contributed by atoms with van der Waals surface area (Å²) in [5, 5.41) is 2.97. The van der Waals surface area contributed by atoms with Gasteiger partial charge in [-0.3, -0.25) is 4.79 Å². The van der Waals surface area contributed by atoms with Crippen molar-refractivity contribution in [3.8, 4) is 0 Å². The third kappa shape index (κ3) is 3.57. The molecule has 0 radical (unpaired) electrons. The first-order chi connectivity index (χ1) is 12.3. The first-order valence-corrected chi connectivity index (χ1v) is 8.68. The molecule has 0 atom stereocenters. The summed E-state index contributed by atoms with van der Waals surface area (Å²) in [7, 11) is 0. The Bertz CT molecular complexity index is 863. The molecule has 0 aliphatic heterocycles. The van der Waals surface area contributed by atoms with Crippen LogP contribution < -0.4 is 5.32 Å². The lowest BCUT2D eigenvalue weighted by Crippen LogP contribution is -2.15. The number of carbonyl (C=O) groups excluding carboxylic acids is 2. The molecule has 1 heterocycles. The molecule has 1 aromatic heterocycles. The van der Waals surface area contributed by atoms with E-state index >= 15 is 0 Å². The summed E-state index contributed by atoms with van der Waals surface area (Å²) in [6, 6.07) is 5.78. The smallest absolute Gasteiger partial charge is 0.355 e. The van der Waals surface area contributed by atoms with E-state index in [9.17, 15) is 9.59 Å². The lowest BCUT2D eigenvalue weighted by molar-refractivity contribution is 0.0513. The van der Waals surface area contributed by atoms with Crippen molar-refractivity contribution in [2.45, 2.75) is 41.2 Å². The van der Waals surface area contributed by atoms with Crippen molar-refractivity contribution in [1.82, 2.24) is 4.57 Å². The predicted molar refractivity (Wildman–Crippen MR) is 104 cm³/mol. The number of nitrogens with one attached hydrogen (secondary N) is 1. The van der Waals surface area contributed by atoms with Gasteiger partial charge in [0.25, 0.3) is 5.91 Å². The van der Waals surface area contributed by atoms with E-state index in [1.807, 2.05) is 39.0 Å². The number of hydrogen-bond donors (Lipinski definition) is 1. The number of aryl methyl sites for hydroxylation is 1. The SMILES string of the molecule is C=CCn1c(C)c(C(=O)Nc2cccc(C)c2C)c(C)c1C(=O)OCC. The number of anilines is 1. The molecule has 1 N–H and O–H groups in total. The summed E-state index contributed by atoms with van der Waals surface area (Å²) in [5.41, 5.74) is 5.12. The van der Waals surface area contributed by atoms with Gasteiger partial charge in [-0.05, 0) is 57.4 Å². The van der Waals surface area contributed by atoms with Crippen molar-refractivity contribution in [1.29, 1.82) is 0 Å². The summed E-state index contributed by atoms with van der Waals surface area (Å²) < 4.78 is 6.95. The summed E-state index contributed by atoms with van der Waals surface area (Å²) >= 11 is 0. The van der Waals surface area contributed by atoms with Gasteiger partial charge in [0.1, 0.15) is 5.69 Å². The molecule has 0 spiro atoms. The van der Waals surface area contributed by atoms with Crippen molar-refractivity contribution in [2.24, 2.45) is 0 Å².